The summed E-state index contributed by atoms with van der Waals surface area (Å²) in [6.07, 6.45) is 0.786. The summed E-state index contributed by atoms with van der Waals surface area (Å²) in [5.41, 5.74) is 0.340. The van der Waals surface area contributed by atoms with E-state index in [0.29, 0.717) is 10.9 Å². The number of nitro benzene ring substituents is 1. The van der Waals surface area contributed by atoms with E-state index in [1.165, 1.54) is 12.1 Å². The smallest absolute Gasteiger partial charge is 0.272 e. The van der Waals surface area contributed by atoms with Gasteiger partial charge in [-0.3, -0.25) is 20.0 Å². The number of fused-ring (bicyclic) bond motifs is 1. The van der Waals surface area contributed by atoms with Crippen molar-refractivity contribution in [3.63, 3.8) is 0 Å². The van der Waals surface area contributed by atoms with Crippen LogP contribution in [0.4, 0.5) is 5.69 Å². The van der Waals surface area contributed by atoms with Gasteiger partial charge in [0.1, 0.15) is 0 Å². The molecule has 7 heteroatoms. The second kappa shape index (κ2) is 5.64. The molecular weight excluding hydrogens is 296 g/mol. The van der Waals surface area contributed by atoms with E-state index in [1.54, 1.807) is 6.07 Å². The maximum Gasteiger partial charge on any atom is 0.272 e. The zero-order valence-electron chi connectivity index (χ0n) is 14.1. The number of nitrogens with one attached hydrogen (secondary N) is 2. The number of benzene rings is 1. The van der Waals surface area contributed by atoms with Crippen molar-refractivity contribution >= 4 is 22.5 Å². The van der Waals surface area contributed by atoms with Crippen LogP contribution in [0.1, 0.15) is 51.5 Å². The molecule has 0 unspecified atom stereocenters. The Morgan fingerprint density at radius 3 is 2.52 bits per heavy atom. The van der Waals surface area contributed by atoms with E-state index >= 15 is 0 Å². The highest BCUT2D eigenvalue weighted by Crippen LogP contribution is 2.28. The van der Waals surface area contributed by atoms with Gasteiger partial charge in [0.25, 0.3) is 11.6 Å². The number of rotatable bonds is 4. The van der Waals surface area contributed by atoms with Gasteiger partial charge in [0.15, 0.2) is 5.69 Å². The van der Waals surface area contributed by atoms with Crippen molar-refractivity contribution in [1.82, 2.24) is 15.5 Å². The highest BCUT2D eigenvalue weighted by atomic mass is 16.6. The molecule has 0 atom stereocenters. The van der Waals surface area contributed by atoms with Gasteiger partial charge in [0.05, 0.1) is 10.4 Å². The highest BCUT2D eigenvalue weighted by Gasteiger charge is 2.29. The molecule has 1 aromatic heterocycles. The normalized spacial score (nSPS) is 12.4. The zero-order chi connectivity index (χ0) is 17.4. The number of amides is 1. The maximum atomic E-state index is 12.5. The Bertz CT molecular complexity index is 756. The van der Waals surface area contributed by atoms with Crippen LogP contribution < -0.4 is 5.32 Å². The number of nitro groups is 1. The molecule has 0 saturated carbocycles. The highest BCUT2D eigenvalue weighted by molar-refractivity contribution is 6.05. The number of non-ortho nitro benzene ring substituents is 1. The van der Waals surface area contributed by atoms with Gasteiger partial charge >= 0.3 is 0 Å². The fraction of sp³-hybridized carbons (Fsp3) is 0.500. The SMILES string of the molecule is CC(C)(C)CC(C)(C)NC(=O)c1n[nH]c2ccc([N+](=O)[O-])cc12. The monoisotopic (exact) mass is 318 g/mol. The summed E-state index contributed by atoms with van der Waals surface area (Å²) in [4.78, 5) is 23.0. The molecule has 2 rings (SSSR count). The Kier molecular flexibility index (Phi) is 4.15. The van der Waals surface area contributed by atoms with Crippen molar-refractivity contribution in [2.24, 2.45) is 5.41 Å². The molecule has 0 bridgehead atoms. The molecule has 0 spiro atoms. The lowest BCUT2D eigenvalue weighted by atomic mass is 9.82. The van der Waals surface area contributed by atoms with E-state index in [2.05, 4.69) is 36.3 Å². The second-order valence-electron chi connectivity index (χ2n) is 7.63. The van der Waals surface area contributed by atoms with Gasteiger partial charge in [-0.15, -0.1) is 0 Å². The number of carbonyl (C=O) groups excluding carboxylic acids is 1. The molecule has 124 valence electrons. The molecular formula is C16H22N4O3. The number of aromatic nitrogens is 2. The lowest BCUT2D eigenvalue weighted by molar-refractivity contribution is -0.384. The first-order valence-corrected chi connectivity index (χ1v) is 7.44. The largest absolute Gasteiger partial charge is 0.346 e. The van der Waals surface area contributed by atoms with Crippen LogP contribution in [-0.2, 0) is 0 Å². The molecule has 1 aromatic carbocycles. The Morgan fingerprint density at radius 1 is 1.30 bits per heavy atom. The molecule has 0 radical (unpaired) electrons. The third-order valence-electron chi connectivity index (χ3n) is 3.40. The van der Waals surface area contributed by atoms with Crippen LogP contribution in [0.3, 0.4) is 0 Å². The van der Waals surface area contributed by atoms with E-state index < -0.39 is 10.5 Å². The number of hydrogen-bond acceptors (Lipinski definition) is 4. The standard InChI is InChI=1S/C16H22N4O3/c1-15(2,3)9-16(4,5)17-14(21)13-11-8-10(20(22)23)6-7-12(11)18-19-13/h6-8H,9H2,1-5H3,(H,17,21)(H,18,19). The van der Waals surface area contributed by atoms with E-state index in [1.807, 2.05) is 13.8 Å². The lowest BCUT2D eigenvalue weighted by Crippen LogP contribution is -2.46. The quantitative estimate of drug-likeness (QED) is 0.666. The molecule has 0 saturated heterocycles. The van der Waals surface area contributed by atoms with Crippen molar-refractivity contribution in [3.8, 4) is 0 Å². The minimum Gasteiger partial charge on any atom is -0.346 e. The molecule has 2 N–H and O–H groups in total. The third-order valence-corrected chi connectivity index (χ3v) is 3.40. The Balaban J connectivity index is 2.31. The number of hydrogen-bond donors (Lipinski definition) is 2. The van der Waals surface area contributed by atoms with Gasteiger partial charge in [0, 0.05) is 23.1 Å². The van der Waals surface area contributed by atoms with Crippen LogP contribution in [0.25, 0.3) is 10.9 Å². The number of nitrogens with zero attached hydrogens (tertiary/aromatic N) is 2. The Hall–Kier alpha value is -2.44. The summed E-state index contributed by atoms with van der Waals surface area (Å²) in [6.45, 7) is 10.2. The topological polar surface area (TPSA) is 101 Å². The first-order chi connectivity index (χ1) is 10.5. The third kappa shape index (κ3) is 4.06. The van der Waals surface area contributed by atoms with Crippen molar-refractivity contribution in [2.75, 3.05) is 0 Å². The van der Waals surface area contributed by atoms with Crippen molar-refractivity contribution in [1.29, 1.82) is 0 Å². The van der Waals surface area contributed by atoms with Gasteiger partial charge in [-0.2, -0.15) is 5.10 Å². The molecule has 0 aliphatic carbocycles. The molecule has 0 aliphatic rings. The predicted octanol–water partition coefficient (Wildman–Crippen LogP) is 3.42. The van der Waals surface area contributed by atoms with Crippen molar-refractivity contribution in [3.05, 3.63) is 34.0 Å². The molecule has 7 nitrogen and oxygen atoms in total. The molecule has 0 aliphatic heterocycles. The summed E-state index contributed by atoms with van der Waals surface area (Å²) in [5, 5.41) is 21.1. The van der Waals surface area contributed by atoms with Crippen LogP contribution in [0.15, 0.2) is 18.2 Å². The molecule has 2 aromatic rings. The van der Waals surface area contributed by atoms with Gasteiger partial charge in [-0.1, -0.05) is 20.8 Å². The molecule has 1 heterocycles. The maximum absolute atomic E-state index is 12.5. The van der Waals surface area contributed by atoms with Gasteiger partial charge in [0.2, 0.25) is 0 Å². The van der Waals surface area contributed by atoms with Gasteiger partial charge in [-0.25, -0.2) is 0 Å². The van der Waals surface area contributed by atoms with Crippen LogP contribution in [0.5, 0.6) is 0 Å². The van der Waals surface area contributed by atoms with Crippen LogP contribution >= 0.6 is 0 Å². The van der Waals surface area contributed by atoms with E-state index in [9.17, 15) is 14.9 Å². The average Bonchev–Trinajstić information content (AvgIpc) is 2.77. The second-order valence-corrected chi connectivity index (χ2v) is 7.63. The average molecular weight is 318 g/mol. The van der Waals surface area contributed by atoms with E-state index in [-0.39, 0.29) is 22.7 Å². The fourth-order valence-electron chi connectivity index (χ4n) is 3.03. The molecule has 1 amide bonds. The van der Waals surface area contributed by atoms with Gasteiger partial charge in [-0.05, 0) is 31.7 Å². The van der Waals surface area contributed by atoms with Crippen LogP contribution in [-0.4, -0.2) is 26.6 Å². The lowest BCUT2D eigenvalue weighted by Gasteiger charge is -2.33. The van der Waals surface area contributed by atoms with Crippen molar-refractivity contribution in [2.45, 2.75) is 46.6 Å². The zero-order valence-corrected chi connectivity index (χ0v) is 14.1. The summed E-state index contributed by atoms with van der Waals surface area (Å²) >= 11 is 0. The number of carbonyl (C=O) groups is 1. The first kappa shape index (κ1) is 16.9. The number of aromatic amines is 1. The predicted molar refractivity (Wildman–Crippen MR) is 88.4 cm³/mol. The molecule has 0 fully saturated rings. The van der Waals surface area contributed by atoms with Crippen LogP contribution in [0, 0.1) is 15.5 Å². The molecule has 23 heavy (non-hydrogen) atoms. The van der Waals surface area contributed by atoms with Crippen LogP contribution in [0.2, 0.25) is 0 Å². The minimum atomic E-state index is -0.488. The summed E-state index contributed by atoms with van der Waals surface area (Å²) in [5.74, 6) is -0.342. The van der Waals surface area contributed by atoms with E-state index in [0.717, 1.165) is 6.42 Å². The van der Waals surface area contributed by atoms with Crippen molar-refractivity contribution < 1.29 is 9.72 Å². The minimum absolute atomic E-state index is 0.0587. The fourth-order valence-corrected chi connectivity index (χ4v) is 3.03. The van der Waals surface area contributed by atoms with Gasteiger partial charge < -0.3 is 5.32 Å². The summed E-state index contributed by atoms with van der Waals surface area (Å²) in [6, 6.07) is 4.30. The number of H-pyrrole nitrogens is 1. The first-order valence-electron chi connectivity index (χ1n) is 7.44. The Labute approximate surface area is 134 Å². The Morgan fingerprint density at radius 2 is 1.96 bits per heavy atom. The van der Waals surface area contributed by atoms with E-state index in [4.69, 9.17) is 0 Å². The summed E-state index contributed by atoms with van der Waals surface area (Å²) < 4.78 is 0. The summed E-state index contributed by atoms with van der Waals surface area (Å²) in [7, 11) is 0.